The first-order valence-electron chi connectivity index (χ1n) is 6.42. The highest BCUT2D eigenvalue weighted by Crippen LogP contribution is 2.26. The van der Waals surface area contributed by atoms with E-state index in [2.05, 4.69) is 0 Å². The van der Waals surface area contributed by atoms with Crippen molar-refractivity contribution in [3.8, 4) is 5.75 Å². The zero-order valence-electron chi connectivity index (χ0n) is 12.1. The molecule has 0 fully saturated rings. The Morgan fingerprint density at radius 2 is 1.90 bits per heavy atom. The van der Waals surface area contributed by atoms with Gasteiger partial charge in [-0.2, -0.15) is 0 Å². The van der Waals surface area contributed by atoms with Crippen molar-refractivity contribution in [2.75, 3.05) is 39.6 Å². The third-order valence-electron chi connectivity index (χ3n) is 2.60. The molecule has 0 aromatic heterocycles. The van der Waals surface area contributed by atoms with Gasteiger partial charge >= 0.3 is 0 Å². The van der Waals surface area contributed by atoms with Crippen LogP contribution in [-0.2, 0) is 14.8 Å². The van der Waals surface area contributed by atoms with Crippen LogP contribution in [0.3, 0.4) is 0 Å². The molecule has 6 nitrogen and oxygen atoms in total. The number of nitrogen functional groups attached to an aromatic ring is 1. The van der Waals surface area contributed by atoms with E-state index in [1.54, 1.807) is 0 Å². The highest BCUT2D eigenvalue weighted by Gasteiger charge is 2.18. The van der Waals surface area contributed by atoms with E-state index in [1.807, 2.05) is 6.92 Å². The topological polar surface area (TPSA) is 81.9 Å². The third-order valence-corrected chi connectivity index (χ3v) is 4.41. The lowest BCUT2D eigenvalue weighted by atomic mass is 10.3. The molecule has 1 rings (SSSR count). The molecule has 0 unspecified atom stereocenters. The Bertz CT molecular complexity index is 529. The molecule has 0 aliphatic heterocycles. The van der Waals surface area contributed by atoms with Gasteiger partial charge < -0.3 is 15.2 Å². The van der Waals surface area contributed by atoms with E-state index in [9.17, 15) is 8.42 Å². The van der Waals surface area contributed by atoms with Crippen LogP contribution in [0.2, 0.25) is 0 Å². The zero-order valence-corrected chi connectivity index (χ0v) is 12.9. The molecular weight excluding hydrogens is 280 g/mol. The quantitative estimate of drug-likeness (QED) is 0.578. The van der Waals surface area contributed by atoms with Crippen LogP contribution in [0.5, 0.6) is 5.75 Å². The van der Waals surface area contributed by atoms with E-state index < -0.39 is 10.0 Å². The highest BCUT2D eigenvalue weighted by molar-refractivity contribution is 7.89. The Kier molecular flexibility index (Phi) is 6.25. The van der Waals surface area contributed by atoms with Crippen LogP contribution in [0.4, 0.5) is 5.69 Å². The molecule has 114 valence electrons. The van der Waals surface area contributed by atoms with Crippen LogP contribution >= 0.6 is 0 Å². The normalized spacial score (nSPS) is 11.8. The molecule has 0 spiro atoms. The molecule has 1 aromatic rings. The van der Waals surface area contributed by atoms with Gasteiger partial charge in [-0.25, -0.2) is 12.7 Å². The van der Waals surface area contributed by atoms with Crippen molar-refractivity contribution in [1.29, 1.82) is 0 Å². The predicted octanol–water partition coefficient (Wildman–Crippen LogP) is 1.32. The second-order valence-corrected chi connectivity index (χ2v) is 6.60. The highest BCUT2D eigenvalue weighted by atomic mass is 32.2. The number of nitrogens with two attached hydrogens (primary N) is 1. The standard InChI is InChI=1S/C13H22N2O4S/c1-4-7-18-8-9-19-13-10-11(5-6-12(13)14)20(16,17)15(2)3/h5-6,10H,4,7-9,14H2,1-3H3. The van der Waals surface area contributed by atoms with Gasteiger partial charge in [0.1, 0.15) is 12.4 Å². The summed E-state index contributed by atoms with van der Waals surface area (Å²) in [6, 6.07) is 4.42. The Morgan fingerprint density at radius 1 is 1.20 bits per heavy atom. The van der Waals surface area contributed by atoms with Gasteiger partial charge in [0.2, 0.25) is 10.0 Å². The average Bonchev–Trinajstić information content (AvgIpc) is 2.40. The van der Waals surface area contributed by atoms with Crippen LogP contribution in [0.25, 0.3) is 0 Å². The second kappa shape index (κ2) is 7.47. The van der Waals surface area contributed by atoms with Gasteiger partial charge in [-0.1, -0.05) is 6.92 Å². The van der Waals surface area contributed by atoms with Crippen molar-refractivity contribution in [2.24, 2.45) is 0 Å². The van der Waals surface area contributed by atoms with Gasteiger partial charge in [-0.05, 0) is 18.6 Å². The molecule has 0 saturated heterocycles. The fraction of sp³-hybridized carbons (Fsp3) is 0.538. The average molecular weight is 302 g/mol. The molecule has 7 heteroatoms. The zero-order chi connectivity index (χ0) is 15.2. The minimum atomic E-state index is -3.49. The molecule has 0 heterocycles. The summed E-state index contributed by atoms with van der Waals surface area (Å²) in [5.74, 6) is 0.355. The third kappa shape index (κ3) is 4.36. The fourth-order valence-electron chi connectivity index (χ4n) is 1.47. The molecule has 2 N–H and O–H groups in total. The fourth-order valence-corrected chi connectivity index (χ4v) is 2.39. The van der Waals surface area contributed by atoms with E-state index >= 15 is 0 Å². The van der Waals surface area contributed by atoms with Crippen LogP contribution in [0.15, 0.2) is 23.1 Å². The summed E-state index contributed by atoms with van der Waals surface area (Å²) < 4.78 is 35.9. The number of anilines is 1. The summed E-state index contributed by atoms with van der Waals surface area (Å²) in [4.78, 5) is 0.154. The van der Waals surface area contributed by atoms with Crippen molar-refractivity contribution in [3.63, 3.8) is 0 Å². The Hall–Kier alpha value is -1.31. The number of hydrogen-bond donors (Lipinski definition) is 1. The van der Waals surface area contributed by atoms with E-state index in [4.69, 9.17) is 15.2 Å². The van der Waals surface area contributed by atoms with Crippen LogP contribution in [-0.4, -0.2) is 46.6 Å². The lowest BCUT2D eigenvalue weighted by Gasteiger charge is -2.14. The van der Waals surface area contributed by atoms with E-state index in [0.29, 0.717) is 31.3 Å². The number of rotatable bonds is 8. The number of nitrogens with zero attached hydrogens (tertiary/aromatic N) is 1. The van der Waals surface area contributed by atoms with E-state index in [0.717, 1.165) is 10.7 Å². The smallest absolute Gasteiger partial charge is 0.242 e. The molecular formula is C13H22N2O4S. The Morgan fingerprint density at radius 3 is 2.50 bits per heavy atom. The molecule has 0 amide bonds. The molecule has 20 heavy (non-hydrogen) atoms. The molecule has 0 aliphatic carbocycles. The van der Waals surface area contributed by atoms with Gasteiger partial charge in [0.15, 0.2) is 0 Å². The van der Waals surface area contributed by atoms with Gasteiger partial charge in [-0.3, -0.25) is 0 Å². The summed E-state index contributed by atoms with van der Waals surface area (Å²) in [5.41, 5.74) is 6.18. The largest absolute Gasteiger partial charge is 0.489 e. The minimum Gasteiger partial charge on any atom is -0.489 e. The molecule has 0 saturated carbocycles. The van der Waals surface area contributed by atoms with Crippen LogP contribution in [0.1, 0.15) is 13.3 Å². The summed E-state index contributed by atoms with van der Waals surface area (Å²) in [7, 11) is -0.535. The molecule has 0 bridgehead atoms. The van der Waals surface area contributed by atoms with E-state index in [1.165, 1.54) is 32.3 Å². The summed E-state index contributed by atoms with van der Waals surface area (Å²) in [5, 5.41) is 0. The van der Waals surface area contributed by atoms with Gasteiger partial charge in [-0.15, -0.1) is 0 Å². The maximum Gasteiger partial charge on any atom is 0.242 e. The number of sulfonamides is 1. The second-order valence-electron chi connectivity index (χ2n) is 4.45. The van der Waals surface area contributed by atoms with Gasteiger partial charge in [0.05, 0.1) is 17.2 Å². The first kappa shape index (κ1) is 16.7. The van der Waals surface area contributed by atoms with Gasteiger partial charge in [0, 0.05) is 26.8 Å². The first-order chi connectivity index (χ1) is 9.39. The number of hydrogen-bond acceptors (Lipinski definition) is 5. The molecule has 0 atom stereocenters. The van der Waals surface area contributed by atoms with Crippen molar-refractivity contribution < 1.29 is 17.9 Å². The number of benzene rings is 1. The molecule has 0 aliphatic rings. The maximum atomic E-state index is 12.0. The summed E-state index contributed by atoms with van der Waals surface area (Å²) in [6.07, 6.45) is 0.943. The van der Waals surface area contributed by atoms with E-state index in [-0.39, 0.29) is 4.90 Å². The van der Waals surface area contributed by atoms with Crippen molar-refractivity contribution in [1.82, 2.24) is 4.31 Å². The van der Waals surface area contributed by atoms with Crippen LogP contribution in [0, 0.1) is 0 Å². The summed E-state index contributed by atoms with van der Waals surface area (Å²) >= 11 is 0. The lowest BCUT2D eigenvalue weighted by Crippen LogP contribution is -2.22. The SMILES string of the molecule is CCCOCCOc1cc(S(=O)(=O)N(C)C)ccc1N. The predicted molar refractivity (Wildman–Crippen MR) is 78.3 cm³/mol. The van der Waals surface area contributed by atoms with Crippen molar-refractivity contribution >= 4 is 15.7 Å². The lowest BCUT2D eigenvalue weighted by molar-refractivity contribution is 0.101. The minimum absolute atomic E-state index is 0.154. The maximum absolute atomic E-state index is 12.0. The Balaban J connectivity index is 2.77. The number of ether oxygens (including phenoxy) is 2. The Labute approximate surface area is 120 Å². The van der Waals surface area contributed by atoms with Crippen molar-refractivity contribution in [3.05, 3.63) is 18.2 Å². The molecule has 0 radical (unpaired) electrons. The first-order valence-corrected chi connectivity index (χ1v) is 7.86. The van der Waals surface area contributed by atoms with Gasteiger partial charge in [0.25, 0.3) is 0 Å². The molecule has 1 aromatic carbocycles. The van der Waals surface area contributed by atoms with Crippen molar-refractivity contribution in [2.45, 2.75) is 18.2 Å². The van der Waals surface area contributed by atoms with Crippen LogP contribution < -0.4 is 10.5 Å². The monoisotopic (exact) mass is 302 g/mol. The summed E-state index contributed by atoms with van der Waals surface area (Å²) in [6.45, 7) is 3.47.